The van der Waals surface area contributed by atoms with Gasteiger partial charge in [-0.25, -0.2) is 12.8 Å². The van der Waals surface area contributed by atoms with Crippen LogP contribution in [0.4, 0.5) is 10.1 Å². The number of rotatable bonds is 4. The number of nitrogens with zero attached hydrogens (tertiary/aromatic N) is 3. The summed E-state index contributed by atoms with van der Waals surface area (Å²) in [7, 11) is -4.01. The molecule has 0 aliphatic carbocycles. The Balaban J connectivity index is 1.42. The number of benzene rings is 1. The van der Waals surface area contributed by atoms with E-state index in [1.165, 1.54) is 30.3 Å². The molecule has 3 aliphatic rings. The average Bonchev–Trinajstić information content (AvgIpc) is 2.80. The zero-order valence-electron chi connectivity index (χ0n) is 19.1. The molecule has 2 atom stereocenters. The highest BCUT2D eigenvalue weighted by Crippen LogP contribution is 2.40. The van der Waals surface area contributed by atoms with Gasteiger partial charge in [-0.2, -0.15) is 0 Å². The van der Waals surface area contributed by atoms with E-state index in [0.29, 0.717) is 29.9 Å². The van der Waals surface area contributed by atoms with Gasteiger partial charge in [0, 0.05) is 63.4 Å². The van der Waals surface area contributed by atoms with Crippen LogP contribution in [-0.4, -0.2) is 60.9 Å². The number of sulfonamides is 1. The number of halogens is 1. The summed E-state index contributed by atoms with van der Waals surface area (Å²) in [6, 6.07) is 8.17. The van der Waals surface area contributed by atoms with Gasteiger partial charge in [-0.05, 0) is 49.4 Å². The number of hydrogen-bond donors (Lipinski definition) is 1. The van der Waals surface area contributed by atoms with E-state index in [2.05, 4.69) is 9.62 Å². The van der Waals surface area contributed by atoms with Crippen LogP contribution >= 0.6 is 0 Å². The third-order valence-electron chi connectivity index (χ3n) is 7.40. The predicted molar refractivity (Wildman–Crippen MR) is 126 cm³/mol. The predicted octanol–water partition coefficient (Wildman–Crippen LogP) is 2.22. The number of pyridine rings is 1. The summed E-state index contributed by atoms with van der Waals surface area (Å²) in [5, 5.41) is 0. The van der Waals surface area contributed by atoms with E-state index in [1.54, 1.807) is 11.5 Å². The molecule has 2 fully saturated rings. The van der Waals surface area contributed by atoms with E-state index < -0.39 is 15.8 Å². The molecule has 8 nitrogen and oxygen atoms in total. The Kier molecular flexibility index (Phi) is 5.97. The van der Waals surface area contributed by atoms with Crippen molar-refractivity contribution in [1.82, 2.24) is 14.4 Å². The molecule has 1 N–H and O–H groups in total. The van der Waals surface area contributed by atoms with Gasteiger partial charge in [-0.3, -0.25) is 19.2 Å². The molecule has 182 valence electrons. The molecule has 2 saturated heterocycles. The summed E-state index contributed by atoms with van der Waals surface area (Å²) in [6.07, 6.45) is 2.72. The summed E-state index contributed by atoms with van der Waals surface area (Å²) >= 11 is 0. The largest absolute Gasteiger partial charge is 0.343 e. The third-order valence-corrected chi connectivity index (χ3v) is 8.76. The number of piperidine rings is 2. The summed E-state index contributed by atoms with van der Waals surface area (Å²) < 4.78 is 44.0. The van der Waals surface area contributed by atoms with Crippen LogP contribution in [0.1, 0.15) is 37.8 Å². The fourth-order valence-corrected chi connectivity index (χ4v) is 6.93. The van der Waals surface area contributed by atoms with E-state index in [-0.39, 0.29) is 22.3 Å². The molecule has 0 spiro atoms. The molecule has 34 heavy (non-hydrogen) atoms. The van der Waals surface area contributed by atoms with Crippen molar-refractivity contribution in [2.24, 2.45) is 5.92 Å². The Morgan fingerprint density at radius 1 is 1.09 bits per heavy atom. The van der Waals surface area contributed by atoms with Crippen molar-refractivity contribution < 1.29 is 17.6 Å². The summed E-state index contributed by atoms with van der Waals surface area (Å²) in [6.45, 7) is 5.28. The van der Waals surface area contributed by atoms with Gasteiger partial charge in [0.25, 0.3) is 15.6 Å². The van der Waals surface area contributed by atoms with Crippen LogP contribution in [0.5, 0.6) is 0 Å². The number of fused-ring (bicyclic) bond motifs is 4. The minimum Gasteiger partial charge on any atom is -0.343 e. The number of anilines is 1. The molecular formula is C24H29FN4O4S. The van der Waals surface area contributed by atoms with Gasteiger partial charge < -0.3 is 9.47 Å². The van der Waals surface area contributed by atoms with Crippen molar-refractivity contribution in [3.05, 3.63) is 58.3 Å². The zero-order chi connectivity index (χ0) is 24.0. The lowest BCUT2D eigenvalue weighted by Crippen LogP contribution is -2.53. The normalized spacial score (nSPS) is 23.4. The number of aromatic nitrogens is 1. The maximum atomic E-state index is 13.7. The standard InChI is InChI=1S/C24H29FN4O4S/c1-16(30)27-9-7-20(8-10-27)28-13-17-11-18(15-28)24-22(5-6-23(31)29(24)14-17)26-34(32,33)21-4-2-3-19(25)12-21/h2-6,12,17-18,20,26H,7-11,13-15H2,1H3/t17-,18+/m0/s1. The van der Waals surface area contributed by atoms with Gasteiger partial charge in [0.05, 0.1) is 10.6 Å². The van der Waals surface area contributed by atoms with Crippen molar-refractivity contribution in [3.63, 3.8) is 0 Å². The Labute approximate surface area is 198 Å². The highest BCUT2D eigenvalue weighted by molar-refractivity contribution is 7.92. The lowest BCUT2D eigenvalue weighted by atomic mass is 9.81. The first-order valence-corrected chi connectivity index (χ1v) is 13.2. The van der Waals surface area contributed by atoms with E-state index in [1.807, 2.05) is 4.90 Å². The molecule has 4 heterocycles. The molecule has 2 bridgehead atoms. The third kappa shape index (κ3) is 4.36. The van der Waals surface area contributed by atoms with Crippen LogP contribution in [-0.2, 0) is 21.4 Å². The van der Waals surface area contributed by atoms with Crippen molar-refractivity contribution in [3.8, 4) is 0 Å². The molecule has 2 aromatic rings. The number of nitrogens with one attached hydrogen (secondary N) is 1. The summed E-state index contributed by atoms with van der Waals surface area (Å²) in [4.78, 5) is 28.6. The van der Waals surface area contributed by atoms with Crippen molar-refractivity contribution in [2.75, 3.05) is 30.9 Å². The number of carbonyl (C=O) groups is 1. The van der Waals surface area contributed by atoms with Crippen LogP contribution in [0.25, 0.3) is 0 Å². The topological polar surface area (TPSA) is 91.7 Å². The molecular weight excluding hydrogens is 459 g/mol. The quantitative estimate of drug-likeness (QED) is 0.713. The Bertz CT molecular complexity index is 1270. The molecule has 0 saturated carbocycles. The van der Waals surface area contributed by atoms with Gasteiger partial charge in [-0.1, -0.05) is 6.07 Å². The Morgan fingerprint density at radius 3 is 2.56 bits per heavy atom. The highest BCUT2D eigenvalue weighted by Gasteiger charge is 2.39. The van der Waals surface area contributed by atoms with Gasteiger partial charge in [0.1, 0.15) is 5.82 Å². The van der Waals surface area contributed by atoms with E-state index in [9.17, 15) is 22.4 Å². The first-order chi connectivity index (χ1) is 16.2. The van der Waals surface area contributed by atoms with Crippen LogP contribution in [0.2, 0.25) is 0 Å². The van der Waals surface area contributed by atoms with Crippen molar-refractivity contribution in [2.45, 2.75) is 49.6 Å². The van der Waals surface area contributed by atoms with Crippen LogP contribution < -0.4 is 10.3 Å². The second-order valence-electron chi connectivity index (χ2n) is 9.63. The minimum atomic E-state index is -4.01. The molecule has 1 aromatic carbocycles. The van der Waals surface area contributed by atoms with Gasteiger partial charge >= 0.3 is 0 Å². The SMILES string of the molecule is CC(=O)N1CCC(N2C[C@@H]3C[C@H](C2)c2c(NS(=O)(=O)c4cccc(F)c4)ccc(=O)n2C3)CC1. The molecule has 3 aliphatic heterocycles. The number of amides is 1. The Morgan fingerprint density at radius 2 is 1.85 bits per heavy atom. The molecule has 1 amide bonds. The Hall–Kier alpha value is -2.72. The van der Waals surface area contributed by atoms with Crippen molar-refractivity contribution in [1.29, 1.82) is 0 Å². The van der Waals surface area contributed by atoms with Gasteiger partial charge in [0.2, 0.25) is 5.91 Å². The highest BCUT2D eigenvalue weighted by atomic mass is 32.2. The maximum absolute atomic E-state index is 13.7. The second kappa shape index (κ2) is 8.81. The summed E-state index contributed by atoms with van der Waals surface area (Å²) in [5.74, 6) is -0.199. The van der Waals surface area contributed by atoms with Gasteiger partial charge in [-0.15, -0.1) is 0 Å². The average molecular weight is 489 g/mol. The monoisotopic (exact) mass is 488 g/mol. The molecule has 0 unspecified atom stereocenters. The first kappa shape index (κ1) is 23.0. The van der Waals surface area contributed by atoms with E-state index in [0.717, 1.165) is 51.5 Å². The number of hydrogen-bond acceptors (Lipinski definition) is 5. The van der Waals surface area contributed by atoms with E-state index in [4.69, 9.17) is 0 Å². The number of carbonyl (C=O) groups excluding carboxylic acids is 1. The fraction of sp³-hybridized carbons (Fsp3) is 0.500. The lowest BCUT2D eigenvalue weighted by Gasteiger charge is -2.47. The molecule has 1 aromatic heterocycles. The van der Waals surface area contributed by atoms with Crippen LogP contribution in [0.15, 0.2) is 46.1 Å². The lowest BCUT2D eigenvalue weighted by molar-refractivity contribution is -0.130. The van der Waals surface area contributed by atoms with Crippen LogP contribution in [0.3, 0.4) is 0 Å². The molecule has 0 radical (unpaired) electrons. The van der Waals surface area contributed by atoms with Gasteiger partial charge in [0.15, 0.2) is 0 Å². The number of likely N-dealkylation sites (tertiary alicyclic amines) is 2. The fourth-order valence-electron chi connectivity index (χ4n) is 5.82. The smallest absolute Gasteiger partial charge is 0.262 e. The van der Waals surface area contributed by atoms with E-state index >= 15 is 0 Å². The summed E-state index contributed by atoms with van der Waals surface area (Å²) in [5.41, 5.74) is 0.941. The minimum absolute atomic E-state index is 0.0115. The molecule has 10 heteroatoms. The first-order valence-electron chi connectivity index (χ1n) is 11.7. The maximum Gasteiger partial charge on any atom is 0.262 e. The van der Waals surface area contributed by atoms with Crippen LogP contribution in [0, 0.1) is 11.7 Å². The molecule has 5 rings (SSSR count). The second-order valence-corrected chi connectivity index (χ2v) is 11.3. The zero-order valence-corrected chi connectivity index (χ0v) is 19.9. The van der Waals surface area contributed by atoms with Crippen molar-refractivity contribution >= 4 is 21.6 Å².